The smallest absolute Gasteiger partial charge is 0.317 e. The number of hydrogen-bond donors (Lipinski definition) is 1. The van der Waals surface area contributed by atoms with Crippen LogP contribution in [-0.2, 0) is 0 Å². The molecule has 148 valence electrons. The summed E-state index contributed by atoms with van der Waals surface area (Å²) in [6.07, 6.45) is 3.37. The summed E-state index contributed by atoms with van der Waals surface area (Å²) in [5, 5.41) is 3.04. The lowest BCUT2D eigenvalue weighted by Gasteiger charge is -2.31. The summed E-state index contributed by atoms with van der Waals surface area (Å²) < 4.78 is 11.4. The van der Waals surface area contributed by atoms with Gasteiger partial charge in [0.15, 0.2) is 11.5 Å². The van der Waals surface area contributed by atoms with Gasteiger partial charge >= 0.3 is 6.03 Å². The Hall–Kier alpha value is -2.80. The molecule has 4 rings (SSSR count). The van der Waals surface area contributed by atoms with Gasteiger partial charge in [0.05, 0.1) is 12.3 Å². The quantitative estimate of drug-likeness (QED) is 0.730. The first kappa shape index (κ1) is 18.6. The molecule has 28 heavy (non-hydrogen) atoms. The molecule has 7 nitrogen and oxygen atoms in total. The van der Waals surface area contributed by atoms with E-state index in [0.717, 1.165) is 35.6 Å². The number of likely N-dealkylation sites (N-methyl/N-ethyl adjacent to an activating group) is 1. The Morgan fingerprint density at radius 1 is 1.25 bits per heavy atom. The highest BCUT2D eigenvalue weighted by molar-refractivity contribution is 5.74. The average Bonchev–Trinajstić information content (AvgIpc) is 3.37. The van der Waals surface area contributed by atoms with Crippen LogP contribution in [0.2, 0.25) is 0 Å². The van der Waals surface area contributed by atoms with Crippen molar-refractivity contribution in [1.82, 2.24) is 20.1 Å². The minimum Gasteiger partial charge on any atom is -0.468 e. The number of piperidine rings is 1. The molecule has 0 spiro atoms. The van der Waals surface area contributed by atoms with Crippen LogP contribution in [0.5, 0.6) is 0 Å². The molecule has 1 N–H and O–H groups in total. The van der Waals surface area contributed by atoms with Gasteiger partial charge < -0.3 is 19.1 Å². The fourth-order valence-corrected chi connectivity index (χ4v) is 3.71. The second-order valence-electron chi connectivity index (χ2n) is 7.46. The van der Waals surface area contributed by atoms with E-state index in [1.807, 2.05) is 60.3 Å². The number of benzene rings is 1. The van der Waals surface area contributed by atoms with Crippen LogP contribution in [0.25, 0.3) is 11.1 Å². The fraction of sp³-hybridized carbons (Fsp3) is 0.429. The highest BCUT2D eigenvalue weighted by Gasteiger charge is 2.27. The number of aromatic nitrogens is 1. The Balaban J connectivity index is 1.31. The van der Waals surface area contributed by atoms with Crippen molar-refractivity contribution in [3.63, 3.8) is 0 Å². The third-order valence-corrected chi connectivity index (χ3v) is 5.38. The van der Waals surface area contributed by atoms with Crippen molar-refractivity contribution in [3.05, 3.63) is 54.3 Å². The highest BCUT2D eigenvalue weighted by atomic mass is 16.3. The SMILES string of the molecule is CN(C)C(CNC(=O)N1CCC(c2nc3ccccc3o2)CC1)c1ccco1. The van der Waals surface area contributed by atoms with Crippen molar-refractivity contribution in [2.45, 2.75) is 24.8 Å². The zero-order valence-corrected chi connectivity index (χ0v) is 16.3. The van der Waals surface area contributed by atoms with Crippen LogP contribution in [0.4, 0.5) is 4.79 Å². The van der Waals surface area contributed by atoms with Crippen molar-refractivity contribution in [3.8, 4) is 0 Å². The zero-order chi connectivity index (χ0) is 19.5. The molecule has 1 saturated heterocycles. The molecule has 0 saturated carbocycles. The summed E-state index contributed by atoms with van der Waals surface area (Å²) in [5.74, 6) is 1.89. The predicted molar refractivity (Wildman–Crippen MR) is 106 cm³/mol. The van der Waals surface area contributed by atoms with Gasteiger partial charge in [0.1, 0.15) is 11.3 Å². The molecule has 1 aliphatic rings. The Morgan fingerprint density at radius 2 is 2.04 bits per heavy atom. The third kappa shape index (κ3) is 3.89. The van der Waals surface area contributed by atoms with Crippen LogP contribution >= 0.6 is 0 Å². The highest BCUT2D eigenvalue weighted by Crippen LogP contribution is 2.30. The summed E-state index contributed by atoms with van der Waals surface area (Å²) in [4.78, 5) is 21.1. The molecule has 7 heteroatoms. The van der Waals surface area contributed by atoms with Crippen molar-refractivity contribution < 1.29 is 13.6 Å². The number of carbonyl (C=O) groups excluding carboxylic acids is 1. The van der Waals surface area contributed by atoms with E-state index in [4.69, 9.17) is 8.83 Å². The first-order valence-electron chi connectivity index (χ1n) is 9.70. The fourth-order valence-electron chi connectivity index (χ4n) is 3.71. The number of likely N-dealkylation sites (tertiary alicyclic amines) is 1. The number of nitrogens with zero attached hydrogens (tertiary/aromatic N) is 3. The summed E-state index contributed by atoms with van der Waals surface area (Å²) in [5.41, 5.74) is 1.72. The number of nitrogens with one attached hydrogen (secondary N) is 1. The number of carbonyl (C=O) groups is 1. The van der Waals surface area contributed by atoms with E-state index in [2.05, 4.69) is 10.3 Å². The Labute approximate surface area is 164 Å². The molecule has 0 bridgehead atoms. The van der Waals surface area contributed by atoms with Gasteiger partial charge in [-0.3, -0.25) is 4.90 Å². The van der Waals surface area contributed by atoms with E-state index in [-0.39, 0.29) is 18.0 Å². The van der Waals surface area contributed by atoms with E-state index >= 15 is 0 Å². The minimum absolute atomic E-state index is 0.0104. The maximum absolute atomic E-state index is 12.6. The standard InChI is InChI=1S/C21H26N4O3/c1-24(2)17(19-8-5-13-27-19)14-22-21(26)25-11-9-15(10-12-25)20-23-16-6-3-4-7-18(16)28-20/h3-8,13,15,17H,9-12,14H2,1-2H3,(H,22,26). The zero-order valence-electron chi connectivity index (χ0n) is 16.3. The van der Waals surface area contributed by atoms with Gasteiger partial charge in [0.2, 0.25) is 0 Å². The van der Waals surface area contributed by atoms with Gasteiger partial charge in [-0.15, -0.1) is 0 Å². The molecule has 1 aliphatic heterocycles. The van der Waals surface area contributed by atoms with Crippen LogP contribution in [0, 0.1) is 0 Å². The van der Waals surface area contributed by atoms with Gasteiger partial charge in [-0.05, 0) is 51.2 Å². The van der Waals surface area contributed by atoms with E-state index < -0.39 is 0 Å². The second-order valence-corrected chi connectivity index (χ2v) is 7.46. The molecule has 1 unspecified atom stereocenters. The van der Waals surface area contributed by atoms with Crippen molar-refractivity contribution in [1.29, 1.82) is 0 Å². The van der Waals surface area contributed by atoms with E-state index in [1.165, 1.54) is 0 Å². The number of amides is 2. The first-order chi connectivity index (χ1) is 13.6. The molecule has 0 radical (unpaired) electrons. The third-order valence-electron chi connectivity index (χ3n) is 5.38. The molecule has 3 heterocycles. The van der Waals surface area contributed by atoms with Crippen LogP contribution in [-0.4, -0.2) is 54.5 Å². The molecule has 2 aromatic heterocycles. The molecular formula is C21H26N4O3. The molecule has 1 aromatic carbocycles. The van der Waals surface area contributed by atoms with E-state index in [1.54, 1.807) is 6.26 Å². The second kappa shape index (κ2) is 8.06. The van der Waals surface area contributed by atoms with Gasteiger partial charge in [-0.25, -0.2) is 9.78 Å². The monoisotopic (exact) mass is 382 g/mol. The summed E-state index contributed by atoms with van der Waals surface area (Å²) >= 11 is 0. The number of fused-ring (bicyclic) bond motifs is 1. The minimum atomic E-state index is -0.0329. The predicted octanol–water partition coefficient (Wildman–Crippen LogP) is 3.61. The molecule has 1 atom stereocenters. The molecular weight excluding hydrogens is 356 g/mol. The van der Waals surface area contributed by atoms with Crippen molar-refractivity contribution in [2.24, 2.45) is 0 Å². The lowest BCUT2D eigenvalue weighted by molar-refractivity contribution is 0.171. The normalized spacial score (nSPS) is 16.6. The number of rotatable bonds is 5. The van der Waals surface area contributed by atoms with Crippen LogP contribution < -0.4 is 5.32 Å². The van der Waals surface area contributed by atoms with E-state index in [9.17, 15) is 4.79 Å². The molecule has 1 fully saturated rings. The van der Waals surface area contributed by atoms with E-state index in [0.29, 0.717) is 19.6 Å². The number of oxazole rings is 1. The van der Waals surface area contributed by atoms with Crippen molar-refractivity contribution >= 4 is 17.1 Å². The maximum Gasteiger partial charge on any atom is 0.317 e. The number of para-hydroxylation sites is 2. The molecule has 0 aliphatic carbocycles. The molecule has 3 aromatic rings. The van der Waals surface area contributed by atoms with Gasteiger partial charge in [-0.1, -0.05) is 12.1 Å². The summed E-state index contributed by atoms with van der Waals surface area (Å²) in [7, 11) is 3.95. The summed E-state index contributed by atoms with van der Waals surface area (Å²) in [6, 6.07) is 11.6. The number of furan rings is 1. The van der Waals surface area contributed by atoms with Gasteiger partial charge in [0, 0.05) is 25.6 Å². The van der Waals surface area contributed by atoms with Crippen LogP contribution in [0.15, 0.2) is 51.5 Å². The largest absolute Gasteiger partial charge is 0.468 e. The van der Waals surface area contributed by atoms with Crippen LogP contribution in [0.1, 0.15) is 36.5 Å². The topological polar surface area (TPSA) is 74.8 Å². The lowest BCUT2D eigenvalue weighted by atomic mass is 9.97. The lowest BCUT2D eigenvalue weighted by Crippen LogP contribution is -2.46. The Bertz CT molecular complexity index is 878. The van der Waals surface area contributed by atoms with Crippen LogP contribution in [0.3, 0.4) is 0 Å². The Morgan fingerprint density at radius 3 is 2.71 bits per heavy atom. The Kier molecular flexibility index (Phi) is 5.34. The summed E-state index contributed by atoms with van der Waals surface area (Å²) in [6.45, 7) is 1.90. The van der Waals surface area contributed by atoms with Crippen molar-refractivity contribution in [2.75, 3.05) is 33.7 Å². The molecule has 2 amide bonds. The average molecular weight is 382 g/mol. The number of urea groups is 1. The van der Waals surface area contributed by atoms with Gasteiger partial charge in [-0.2, -0.15) is 0 Å². The number of hydrogen-bond acceptors (Lipinski definition) is 5. The first-order valence-corrected chi connectivity index (χ1v) is 9.70. The maximum atomic E-state index is 12.6. The van der Waals surface area contributed by atoms with Gasteiger partial charge in [0.25, 0.3) is 0 Å².